The Labute approximate surface area is 268 Å². The van der Waals surface area contributed by atoms with Crippen molar-refractivity contribution in [2.24, 2.45) is 0 Å². The van der Waals surface area contributed by atoms with E-state index in [0.29, 0.717) is 5.56 Å². The average molecular weight is 594 g/mol. The number of hydrogen-bond acceptors (Lipinski definition) is 3. The third-order valence-electron chi connectivity index (χ3n) is 9.73. The van der Waals surface area contributed by atoms with Crippen LogP contribution in [0.15, 0.2) is 137 Å². The maximum atomic E-state index is 10.0. The van der Waals surface area contributed by atoms with Crippen LogP contribution in [0.25, 0.3) is 56.0 Å². The van der Waals surface area contributed by atoms with Gasteiger partial charge in [0.2, 0.25) is 0 Å². The molecule has 0 saturated heterocycles. The lowest BCUT2D eigenvalue weighted by Gasteiger charge is -2.21. The number of nitriles is 1. The van der Waals surface area contributed by atoms with Crippen LogP contribution in [0.3, 0.4) is 0 Å². The van der Waals surface area contributed by atoms with Gasteiger partial charge >= 0.3 is 0 Å². The van der Waals surface area contributed by atoms with Gasteiger partial charge in [-0.15, -0.1) is 0 Å². The first kappa shape index (κ1) is 26.8. The predicted octanol–water partition coefficient (Wildman–Crippen LogP) is 11.0. The second kappa shape index (κ2) is 10.8. The molecule has 220 valence electrons. The largest absolute Gasteiger partial charge is 0.489 e. The Hall–Kier alpha value is -5.59. The summed E-state index contributed by atoms with van der Waals surface area (Å²) in [5.41, 5.74) is 14.2. The minimum Gasteiger partial charge on any atom is -0.489 e. The van der Waals surface area contributed by atoms with E-state index in [1.807, 2.05) is 24.3 Å². The number of hydrogen-bond donors (Lipinski definition) is 0. The fourth-order valence-corrected chi connectivity index (χ4v) is 7.66. The molecule has 5 aromatic rings. The Morgan fingerprint density at radius 1 is 0.652 bits per heavy atom. The zero-order valence-electron chi connectivity index (χ0n) is 25.4. The van der Waals surface area contributed by atoms with Crippen molar-refractivity contribution >= 4 is 22.6 Å². The minimum absolute atomic E-state index is 0.0455. The summed E-state index contributed by atoms with van der Waals surface area (Å²) >= 11 is 0. The van der Waals surface area contributed by atoms with Crippen LogP contribution >= 0.6 is 0 Å². The van der Waals surface area contributed by atoms with E-state index in [0.717, 1.165) is 88.2 Å². The highest BCUT2D eigenvalue weighted by Gasteiger charge is 2.34. The van der Waals surface area contributed by atoms with E-state index < -0.39 is 0 Å². The van der Waals surface area contributed by atoms with Crippen molar-refractivity contribution in [1.29, 1.82) is 5.26 Å². The first-order valence-electron chi connectivity index (χ1n) is 16.2. The number of nitrogens with zero attached hydrogens (tertiary/aromatic N) is 1. The van der Waals surface area contributed by atoms with Crippen LogP contribution in [0.2, 0.25) is 0 Å². The molecule has 0 amide bonds. The number of fused-ring (bicyclic) bond motifs is 5. The van der Waals surface area contributed by atoms with Crippen LogP contribution in [0, 0.1) is 11.3 Å². The average Bonchev–Trinajstić information content (AvgIpc) is 3.70. The molecule has 0 fully saturated rings. The van der Waals surface area contributed by atoms with Gasteiger partial charge in [-0.1, -0.05) is 91.1 Å². The second-order valence-electron chi connectivity index (χ2n) is 12.4. The molecule has 0 spiro atoms. The fourth-order valence-electron chi connectivity index (χ4n) is 7.66. The van der Waals surface area contributed by atoms with E-state index in [1.54, 1.807) is 0 Å². The minimum atomic E-state index is 0.0455. The topological polar surface area (TPSA) is 46.2 Å². The summed E-state index contributed by atoms with van der Waals surface area (Å²) in [6.07, 6.45) is 18.4. The molecule has 4 aromatic carbocycles. The molecule has 3 aliphatic carbocycles. The van der Waals surface area contributed by atoms with E-state index in [-0.39, 0.29) is 6.10 Å². The monoisotopic (exact) mass is 593 g/mol. The lowest BCUT2D eigenvalue weighted by molar-refractivity contribution is 0.161. The number of ether oxygens (including phenoxy) is 1. The Bertz CT molecular complexity index is 2280. The van der Waals surface area contributed by atoms with Crippen molar-refractivity contribution < 1.29 is 9.15 Å². The molecule has 1 atom stereocenters. The Morgan fingerprint density at radius 2 is 1.37 bits per heavy atom. The molecule has 0 saturated carbocycles. The van der Waals surface area contributed by atoms with E-state index in [1.165, 1.54) is 27.7 Å². The normalized spacial score (nSPS) is 17.9. The maximum absolute atomic E-state index is 10.0. The predicted molar refractivity (Wildman–Crippen MR) is 186 cm³/mol. The van der Waals surface area contributed by atoms with E-state index in [2.05, 4.69) is 103 Å². The summed E-state index contributed by atoms with van der Waals surface area (Å²) in [5, 5.41) is 11.2. The highest BCUT2D eigenvalue weighted by Crippen LogP contribution is 2.47. The van der Waals surface area contributed by atoms with Gasteiger partial charge in [-0.2, -0.15) is 5.26 Å². The van der Waals surface area contributed by atoms with Gasteiger partial charge in [0, 0.05) is 46.9 Å². The zero-order valence-corrected chi connectivity index (χ0v) is 25.4. The maximum Gasteiger partial charge on any atom is 0.135 e. The third kappa shape index (κ3) is 4.25. The Morgan fingerprint density at radius 3 is 2.26 bits per heavy atom. The van der Waals surface area contributed by atoms with E-state index >= 15 is 0 Å². The number of aryl methyl sites for hydroxylation is 1. The molecular formula is C43H31NO2. The van der Waals surface area contributed by atoms with Gasteiger partial charge in [0.05, 0.1) is 11.6 Å². The van der Waals surface area contributed by atoms with Crippen LogP contribution in [0.4, 0.5) is 0 Å². The molecule has 2 heterocycles. The number of allylic oxidation sites excluding steroid dienone is 6. The van der Waals surface area contributed by atoms with Crippen molar-refractivity contribution in [1.82, 2.24) is 0 Å². The van der Waals surface area contributed by atoms with Gasteiger partial charge in [-0.3, -0.25) is 0 Å². The molecule has 46 heavy (non-hydrogen) atoms. The summed E-state index contributed by atoms with van der Waals surface area (Å²) in [7, 11) is 0. The van der Waals surface area contributed by atoms with Gasteiger partial charge < -0.3 is 9.15 Å². The van der Waals surface area contributed by atoms with Crippen molar-refractivity contribution in [3.8, 4) is 39.4 Å². The van der Waals surface area contributed by atoms with Gasteiger partial charge in [0.25, 0.3) is 0 Å². The Balaban J connectivity index is 1.32. The quantitative estimate of drug-likeness (QED) is 0.208. The van der Waals surface area contributed by atoms with E-state index in [4.69, 9.17) is 9.15 Å². The molecule has 1 unspecified atom stereocenters. The van der Waals surface area contributed by atoms with Crippen LogP contribution < -0.4 is 0 Å². The zero-order chi connectivity index (χ0) is 30.6. The number of benzene rings is 4. The van der Waals surface area contributed by atoms with Crippen molar-refractivity contribution in [3.05, 3.63) is 155 Å². The standard InChI is InChI=1S/C43H31NO2/c44-26-27-11-1-2-12-31(27)35-14-4-3-13-32(35)28-23-29(33-17-9-21-40-42(33)36-15-5-7-19-38(36)45-40)25-30(24-28)34-18-10-22-41-43(34)37-16-6-8-20-39(37)46-41/h1-6,9-18,21,23-25,41H,7-8,19-20,22H2. The lowest BCUT2D eigenvalue weighted by Crippen LogP contribution is -2.12. The molecular weight excluding hydrogens is 562 g/mol. The molecule has 0 bridgehead atoms. The van der Waals surface area contributed by atoms with Gasteiger partial charge in [-0.05, 0) is 82.1 Å². The number of rotatable bonds is 4. The molecule has 4 aliphatic rings. The van der Waals surface area contributed by atoms with Crippen LogP contribution in [0.5, 0.6) is 0 Å². The van der Waals surface area contributed by atoms with Crippen molar-refractivity contribution in [2.75, 3.05) is 0 Å². The molecule has 1 aliphatic heterocycles. The molecule has 1 aromatic heterocycles. The highest BCUT2D eigenvalue weighted by atomic mass is 16.5. The van der Waals surface area contributed by atoms with Gasteiger partial charge in [-0.25, -0.2) is 0 Å². The number of furan rings is 1. The smallest absolute Gasteiger partial charge is 0.135 e. The van der Waals surface area contributed by atoms with Crippen molar-refractivity contribution in [2.45, 2.75) is 38.2 Å². The molecule has 3 nitrogen and oxygen atoms in total. The second-order valence-corrected chi connectivity index (χ2v) is 12.4. The first-order valence-corrected chi connectivity index (χ1v) is 16.2. The summed E-state index contributed by atoms with van der Waals surface area (Å²) < 4.78 is 12.9. The van der Waals surface area contributed by atoms with Gasteiger partial charge in [0.15, 0.2) is 0 Å². The molecule has 3 heteroatoms. The summed E-state index contributed by atoms with van der Waals surface area (Å²) in [6, 6.07) is 32.1. The van der Waals surface area contributed by atoms with Crippen LogP contribution in [-0.2, 0) is 11.2 Å². The summed E-state index contributed by atoms with van der Waals surface area (Å²) in [4.78, 5) is 0. The van der Waals surface area contributed by atoms with Crippen LogP contribution in [-0.4, -0.2) is 6.10 Å². The van der Waals surface area contributed by atoms with Crippen LogP contribution in [0.1, 0.15) is 48.1 Å². The Kier molecular flexibility index (Phi) is 6.28. The highest BCUT2D eigenvalue weighted by molar-refractivity contribution is 6.02. The third-order valence-corrected chi connectivity index (χ3v) is 9.73. The fraction of sp³-hybridized carbons (Fsp3) is 0.140. The summed E-state index contributed by atoms with van der Waals surface area (Å²) in [6.45, 7) is 0. The van der Waals surface area contributed by atoms with Crippen molar-refractivity contribution in [3.63, 3.8) is 0 Å². The lowest BCUT2D eigenvalue weighted by atomic mass is 9.83. The molecule has 0 N–H and O–H groups in total. The SMILES string of the molecule is N#Cc1ccccc1-c1ccccc1-c1cc(C2=C3C4=C(CCC=C4)OC3CC=C2)cc(-c2cccc3oc4c(c23)C=CCC4)c1. The molecule has 0 radical (unpaired) electrons. The molecule has 9 rings (SSSR count). The summed E-state index contributed by atoms with van der Waals surface area (Å²) in [5.74, 6) is 2.19. The van der Waals surface area contributed by atoms with Gasteiger partial charge in [0.1, 0.15) is 23.2 Å². The van der Waals surface area contributed by atoms with E-state index in [9.17, 15) is 5.26 Å². The first-order chi connectivity index (χ1) is 22.8.